The van der Waals surface area contributed by atoms with Crippen molar-refractivity contribution in [3.8, 4) is 0 Å². The van der Waals surface area contributed by atoms with Crippen LogP contribution in [0.2, 0.25) is 0 Å². The first-order valence-electron chi connectivity index (χ1n) is 8.52. The van der Waals surface area contributed by atoms with Gasteiger partial charge in [-0.15, -0.1) is 0 Å². The van der Waals surface area contributed by atoms with Gasteiger partial charge in [0.15, 0.2) is 0 Å². The van der Waals surface area contributed by atoms with Crippen LogP contribution in [0.25, 0.3) is 0 Å². The second-order valence-electron chi connectivity index (χ2n) is 6.89. The van der Waals surface area contributed by atoms with Crippen LogP contribution in [-0.2, 0) is 6.54 Å². The van der Waals surface area contributed by atoms with Crippen LogP contribution in [0.15, 0.2) is 40.8 Å². The highest BCUT2D eigenvalue weighted by atomic mass is 19.1. The summed E-state index contributed by atoms with van der Waals surface area (Å²) in [5, 5.41) is 2.67. The highest BCUT2D eigenvalue weighted by Crippen LogP contribution is 2.47. The van der Waals surface area contributed by atoms with Gasteiger partial charge in [0.25, 0.3) is 0 Å². The molecule has 5 heteroatoms. The summed E-state index contributed by atoms with van der Waals surface area (Å²) in [5.41, 5.74) is 0.208. The largest absolute Gasteiger partial charge is 0.464 e. The maximum absolute atomic E-state index is 13.7. The van der Waals surface area contributed by atoms with E-state index in [1.54, 1.807) is 23.1 Å². The lowest BCUT2D eigenvalue weighted by atomic mass is 10.3. The van der Waals surface area contributed by atoms with Gasteiger partial charge >= 0.3 is 6.03 Å². The van der Waals surface area contributed by atoms with E-state index < -0.39 is 5.82 Å². The lowest BCUT2D eigenvalue weighted by Crippen LogP contribution is -2.36. The molecule has 1 aromatic carbocycles. The zero-order valence-electron chi connectivity index (χ0n) is 13.7. The molecule has 2 amide bonds. The monoisotopic (exact) mass is 328 g/mol. The third-order valence-corrected chi connectivity index (χ3v) is 4.85. The minimum Gasteiger partial charge on any atom is -0.464 e. The second-order valence-corrected chi connectivity index (χ2v) is 6.89. The van der Waals surface area contributed by atoms with Crippen molar-refractivity contribution in [3.05, 3.63) is 53.7 Å². The summed E-state index contributed by atoms with van der Waals surface area (Å²) in [6.45, 7) is 2.64. The first-order valence-corrected chi connectivity index (χ1v) is 8.52. The Bertz CT molecular complexity index is 753. The van der Waals surface area contributed by atoms with Crippen LogP contribution in [-0.4, -0.2) is 17.0 Å². The number of amides is 2. The SMILES string of the molecule is CC1CC1c1ccc(CN(C(=O)Nc2ccccc2F)C2CC2)o1. The Balaban J connectivity index is 1.45. The van der Waals surface area contributed by atoms with E-state index in [2.05, 4.69) is 12.2 Å². The molecule has 2 fully saturated rings. The van der Waals surface area contributed by atoms with Crippen LogP contribution in [0.5, 0.6) is 0 Å². The van der Waals surface area contributed by atoms with Gasteiger partial charge < -0.3 is 14.6 Å². The topological polar surface area (TPSA) is 45.5 Å². The zero-order valence-corrected chi connectivity index (χ0v) is 13.7. The predicted molar refractivity (Wildman–Crippen MR) is 89.2 cm³/mol. The maximum atomic E-state index is 13.7. The van der Waals surface area contributed by atoms with Crippen LogP contribution in [0.1, 0.15) is 43.6 Å². The molecule has 0 radical (unpaired) electrons. The van der Waals surface area contributed by atoms with E-state index in [0.29, 0.717) is 18.4 Å². The second kappa shape index (κ2) is 5.96. The molecule has 0 aliphatic heterocycles. The molecule has 4 nitrogen and oxygen atoms in total. The van der Waals surface area contributed by atoms with Crippen molar-refractivity contribution in [3.63, 3.8) is 0 Å². The van der Waals surface area contributed by atoms with Crippen molar-refractivity contribution in [2.45, 2.75) is 44.7 Å². The van der Waals surface area contributed by atoms with Crippen molar-refractivity contribution in [2.24, 2.45) is 5.92 Å². The van der Waals surface area contributed by atoms with Crippen LogP contribution in [0, 0.1) is 11.7 Å². The van der Waals surface area contributed by atoms with Gasteiger partial charge in [-0.3, -0.25) is 0 Å². The number of carbonyl (C=O) groups is 1. The van der Waals surface area contributed by atoms with Crippen LogP contribution in [0.3, 0.4) is 0 Å². The highest BCUT2D eigenvalue weighted by Gasteiger charge is 2.37. The molecule has 24 heavy (non-hydrogen) atoms. The van der Waals surface area contributed by atoms with E-state index in [9.17, 15) is 9.18 Å². The number of rotatable bonds is 5. The Morgan fingerprint density at radius 2 is 2.04 bits per heavy atom. The predicted octanol–water partition coefficient (Wildman–Crippen LogP) is 4.74. The number of hydrogen-bond acceptors (Lipinski definition) is 2. The van der Waals surface area contributed by atoms with Crippen LogP contribution < -0.4 is 5.32 Å². The molecular weight excluding hydrogens is 307 g/mol. The summed E-state index contributed by atoms with van der Waals surface area (Å²) in [6.07, 6.45) is 3.14. The smallest absolute Gasteiger partial charge is 0.322 e. The normalized spacial score (nSPS) is 22.2. The number of benzene rings is 1. The number of anilines is 1. The molecule has 1 N–H and O–H groups in total. The third kappa shape index (κ3) is 3.16. The van der Waals surface area contributed by atoms with Gasteiger partial charge in [0.2, 0.25) is 0 Å². The molecule has 1 aromatic heterocycles. The molecule has 2 unspecified atom stereocenters. The van der Waals surface area contributed by atoms with Crippen LogP contribution >= 0.6 is 0 Å². The van der Waals surface area contributed by atoms with E-state index in [4.69, 9.17) is 4.42 Å². The minimum atomic E-state index is -0.426. The quantitative estimate of drug-likeness (QED) is 0.862. The molecule has 4 rings (SSSR count). The summed E-state index contributed by atoms with van der Waals surface area (Å²) in [6, 6.07) is 10.1. The standard InChI is InChI=1S/C19H21FN2O2/c1-12-10-15(12)18-9-8-14(24-18)11-22(13-6-7-13)19(23)21-17-5-3-2-4-16(17)20/h2-5,8-9,12-13,15H,6-7,10-11H2,1H3,(H,21,23). The molecule has 1 heterocycles. The molecule has 0 spiro atoms. The molecule has 2 aliphatic rings. The van der Waals surface area contributed by atoms with Crippen LogP contribution in [0.4, 0.5) is 14.9 Å². The average molecular weight is 328 g/mol. The van der Waals surface area contributed by atoms with Gasteiger partial charge in [0.05, 0.1) is 12.2 Å². The van der Waals surface area contributed by atoms with Gasteiger partial charge in [-0.05, 0) is 49.4 Å². The number of nitrogens with one attached hydrogen (secondary N) is 1. The number of para-hydroxylation sites is 1. The van der Waals surface area contributed by atoms with Gasteiger partial charge in [-0.2, -0.15) is 0 Å². The van der Waals surface area contributed by atoms with Crippen molar-refractivity contribution >= 4 is 11.7 Å². The zero-order chi connectivity index (χ0) is 16.7. The Kier molecular flexibility index (Phi) is 3.79. The van der Waals surface area contributed by atoms with Gasteiger partial charge in [-0.25, -0.2) is 9.18 Å². The van der Waals surface area contributed by atoms with E-state index in [0.717, 1.165) is 24.4 Å². The lowest BCUT2D eigenvalue weighted by Gasteiger charge is -2.22. The van der Waals surface area contributed by atoms with E-state index in [1.807, 2.05) is 12.1 Å². The fraction of sp³-hybridized carbons (Fsp3) is 0.421. The number of nitrogens with zero attached hydrogens (tertiary/aromatic N) is 1. The number of halogens is 1. The van der Waals surface area contributed by atoms with Crippen molar-refractivity contribution < 1.29 is 13.6 Å². The average Bonchev–Trinajstić information content (AvgIpc) is 3.48. The molecule has 2 aliphatic carbocycles. The fourth-order valence-corrected chi connectivity index (χ4v) is 3.07. The van der Waals surface area contributed by atoms with Gasteiger partial charge in [-0.1, -0.05) is 19.1 Å². The molecule has 0 bridgehead atoms. The number of carbonyl (C=O) groups excluding carboxylic acids is 1. The lowest BCUT2D eigenvalue weighted by molar-refractivity contribution is 0.200. The molecule has 126 valence electrons. The van der Waals surface area contributed by atoms with Crippen molar-refractivity contribution in [1.82, 2.24) is 4.90 Å². The Hall–Kier alpha value is -2.30. The van der Waals surface area contributed by atoms with Crippen molar-refractivity contribution in [2.75, 3.05) is 5.32 Å². The minimum absolute atomic E-state index is 0.208. The van der Waals surface area contributed by atoms with E-state index in [-0.39, 0.29) is 17.8 Å². The molecule has 2 saturated carbocycles. The van der Waals surface area contributed by atoms with Crippen molar-refractivity contribution in [1.29, 1.82) is 0 Å². The Labute approximate surface area is 140 Å². The summed E-state index contributed by atoms with van der Waals surface area (Å²) >= 11 is 0. The fourth-order valence-electron chi connectivity index (χ4n) is 3.07. The first-order chi connectivity index (χ1) is 11.6. The summed E-state index contributed by atoms with van der Waals surface area (Å²) in [7, 11) is 0. The molecule has 2 aromatic rings. The van der Waals surface area contributed by atoms with Gasteiger partial charge in [0, 0.05) is 12.0 Å². The number of hydrogen-bond donors (Lipinski definition) is 1. The number of urea groups is 1. The van der Waals surface area contributed by atoms with E-state index in [1.165, 1.54) is 12.5 Å². The summed E-state index contributed by atoms with van der Waals surface area (Å²) in [5.74, 6) is 2.60. The summed E-state index contributed by atoms with van der Waals surface area (Å²) < 4.78 is 19.7. The molecule has 0 saturated heterocycles. The third-order valence-electron chi connectivity index (χ3n) is 4.85. The Morgan fingerprint density at radius 1 is 1.29 bits per heavy atom. The molecule has 2 atom stereocenters. The number of furan rings is 1. The van der Waals surface area contributed by atoms with Gasteiger partial charge in [0.1, 0.15) is 17.3 Å². The summed E-state index contributed by atoms with van der Waals surface area (Å²) in [4.78, 5) is 14.3. The molecular formula is C19H21FN2O2. The maximum Gasteiger partial charge on any atom is 0.322 e. The van der Waals surface area contributed by atoms with E-state index >= 15 is 0 Å². The Morgan fingerprint density at radius 3 is 2.71 bits per heavy atom. The first kappa shape index (κ1) is 15.2. The highest BCUT2D eigenvalue weighted by molar-refractivity contribution is 5.89.